The van der Waals surface area contributed by atoms with Crippen LogP contribution in [0.3, 0.4) is 0 Å². The second kappa shape index (κ2) is 10.8. The lowest BCUT2D eigenvalue weighted by molar-refractivity contribution is -0.121. The van der Waals surface area contributed by atoms with Crippen molar-refractivity contribution < 1.29 is 13.2 Å². The number of aryl methyl sites for hydroxylation is 1. The first-order valence-corrected chi connectivity index (χ1v) is 11.5. The van der Waals surface area contributed by atoms with Crippen LogP contribution in [0.4, 0.5) is 0 Å². The number of nitrogens with one attached hydrogen (secondary N) is 1. The molecule has 2 rings (SSSR count). The molecule has 6 nitrogen and oxygen atoms in total. The van der Waals surface area contributed by atoms with Gasteiger partial charge in [0.2, 0.25) is 15.9 Å². The highest BCUT2D eigenvalue weighted by molar-refractivity contribution is 7.89. The molecule has 7 heteroatoms. The molecule has 1 atom stereocenters. The lowest BCUT2D eigenvalue weighted by atomic mass is 10.1. The average molecular weight is 396 g/mol. The molecule has 0 aliphatic carbocycles. The number of carbonyl (C=O) groups excluding carboxylic acids is 1. The molecule has 0 bridgehead atoms. The molecule has 0 radical (unpaired) electrons. The molecule has 0 aromatic heterocycles. The van der Waals surface area contributed by atoms with Crippen LogP contribution < -0.4 is 11.1 Å². The minimum atomic E-state index is -3.40. The summed E-state index contributed by atoms with van der Waals surface area (Å²) in [5, 5.41) is 2.98. The zero-order valence-corrected chi connectivity index (χ0v) is 17.1. The van der Waals surface area contributed by atoms with Crippen LogP contribution in [-0.4, -0.2) is 44.3 Å². The number of nitrogens with zero attached hydrogens (tertiary/aromatic N) is 1. The van der Waals surface area contributed by atoms with Crippen molar-refractivity contribution in [3.05, 3.63) is 29.8 Å². The fourth-order valence-electron chi connectivity index (χ4n) is 3.34. The van der Waals surface area contributed by atoms with Gasteiger partial charge in [-0.3, -0.25) is 4.79 Å². The minimum Gasteiger partial charge on any atom is -0.352 e. The van der Waals surface area contributed by atoms with Gasteiger partial charge in [-0.25, -0.2) is 8.42 Å². The lowest BCUT2D eigenvalue weighted by Gasteiger charge is -2.25. The predicted molar refractivity (Wildman–Crippen MR) is 108 cm³/mol. The summed E-state index contributed by atoms with van der Waals surface area (Å²) >= 11 is 0. The van der Waals surface area contributed by atoms with E-state index in [1.54, 1.807) is 16.4 Å². The number of sulfonamides is 1. The fourth-order valence-corrected chi connectivity index (χ4v) is 4.86. The largest absolute Gasteiger partial charge is 0.352 e. The first kappa shape index (κ1) is 21.9. The van der Waals surface area contributed by atoms with E-state index in [0.29, 0.717) is 37.4 Å². The lowest BCUT2D eigenvalue weighted by Crippen LogP contribution is -2.40. The van der Waals surface area contributed by atoms with E-state index in [9.17, 15) is 13.2 Å². The normalized spacial score (nSPS) is 16.8. The third-order valence-corrected chi connectivity index (χ3v) is 6.99. The van der Waals surface area contributed by atoms with Crippen LogP contribution >= 0.6 is 0 Å². The summed E-state index contributed by atoms with van der Waals surface area (Å²) in [6.45, 7) is 3.77. The van der Waals surface area contributed by atoms with E-state index < -0.39 is 10.0 Å². The second-order valence-corrected chi connectivity index (χ2v) is 9.19. The molecule has 1 unspecified atom stereocenters. The van der Waals surface area contributed by atoms with Gasteiger partial charge in [0.1, 0.15) is 0 Å². The van der Waals surface area contributed by atoms with Crippen LogP contribution in [0.2, 0.25) is 0 Å². The molecule has 1 amide bonds. The highest BCUT2D eigenvalue weighted by atomic mass is 32.2. The maximum Gasteiger partial charge on any atom is 0.243 e. The summed E-state index contributed by atoms with van der Waals surface area (Å²) in [6.07, 6.45) is 6.94. The predicted octanol–water partition coefficient (Wildman–Crippen LogP) is 2.43. The van der Waals surface area contributed by atoms with E-state index in [0.717, 1.165) is 44.1 Å². The summed E-state index contributed by atoms with van der Waals surface area (Å²) in [4.78, 5) is 12.4. The van der Waals surface area contributed by atoms with Crippen molar-refractivity contribution in [2.75, 3.05) is 19.6 Å². The van der Waals surface area contributed by atoms with Crippen molar-refractivity contribution in [3.8, 4) is 0 Å². The first-order chi connectivity index (χ1) is 13.0. The molecule has 0 spiro atoms. The Bertz CT molecular complexity index is 683. The van der Waals surface area contributed by atoms with Crippen molar-refractivity contribution in [3.63, 3.8) is 0 Å². The Hall–Kier alpha value is -1.44. The Morgan fingerprint density at radius 3 is 2.44 bits per heavy atom. The number of piperidine rings is 1. The van der Waals surface area contributed by atoms with Crippen LogP contribution in [0.1, 0.15) is 57.4 Å². The number of hydrogen-bond acceptors (Lipinski definition) is 4. The molecule has 27 heavy (non-hydrogen) atoms. The van der Waals surface area contributed by atoms with Crippen LogP contribution in [0, 0.1) is 0 Å². The number of unbranched alkanes of at least 4 members (excludes halogenated alkanes) is 1. The highest BCUT2D eigenvalue weighted by Gasteiger charge is 2.25. The molecule has 152 valence electrons. The Labute approximate surface area is 163 Å². The van der Waals surface area contributed by atoms with E-state index >= 15 is 0 Å². The number of hydrogen-bond donors (Lipinski definition) is 2. The van der Waals surface area contributed by atoms with E-state index in [1.807, 2.05) is 12.1 Å². The van der Waals surface area contributed by atoms with Crippen molar-refractivity contribution in [2.45, 2.75) is 69.2 Å². The van der Waals surface area contributed by atoms with Crippen molar-refractivity contribution in [2.24, 2.45) is 5.73 Å². The maximum atomic E-state index is 12.7. The third-order valence-electron chi connectivity index (χ3n) is 5.07. The van der Waals surface area contributed by atoms with Crippen LogP contribution in [0.25, 0.3) is 0 Å². The molecular weight excluding hydrogens is 362 g/mol. The van der Waals surface area contributed by atoms with Gasteiger partial charge in [-0.05, 0) is 43.4 Å². The molecule has 0 saturated carbocycles. The number of carbonyl (C=O) groups is 1. The number of nitrogens with two attached hydrogens (primary N) is 1. The summed E-state index contributed by atoms with van der Waals surface area (Å²) in [5.41, 5.74) is 6.67. The average Bonchev–Trinajstić information content (AvgIpc) is 2.70. The van der Waals surface area contributed by atoms with Gasteiger partial charge in [-0.2, -0.15) is 4.31 Å². The monoisotopic (exact) mass is 395 g/mol. The topological polar surface area (TPSA) is 92.5 Å². The maximum absolute atomic E-state index is 12.7. The van der Waals surface area contributed by atoms with E-state index in [-0.39, 0.29) is 11.9 Å². The Kier molecular flexibility index (Phi) is 8.73. The van der Waals surface area contributed by atoms with Gasteiger partial charge in [-0.1, -0.05) is 38.3 Å². The Morgan fingerprint density at radius 2 is 1.85 bits per heavy atom. The summed E-state index contributed by atoms with van der Waals surface area (Å²) < 4.78 is 26.9. The highest BCUT2D eigenvalue weighted by Crippen LogP contribution is 2.21. The van der Waals surface area contributed by atoms with Gasteiger partial charge in [0.25, 0.3) is 0 Å². The molecule has 3 N–H and O–H groups in total. The first-order valence-electron chi connectivity index (χ1n) is 10.1. The van der Waals surface area contributed by atoms with Gasteiger partial charge in [0.05, 0.1) is 4.90 Å². The van der Waals surface area contributed by atoms with Crippen molar-refractivity contribution >= 4 is 15.9 Å². The zero-order valence-electron chi connectivity index (χ0n) is 16.3. The van der Waals surface area contributed by atoms with Crippen molar-refractivity contribution in [1.82, 2.24) is 9.62 Å². The second-order valence-electron chi connectivity index (χ2n) is 7.25. The smallest absolute Gasteiger partial charge is 0.243 e. The Morgan fingerprint density at radius 1 is 1.19 bits per heavy atom. The van der Waals surface area contributed by atoms with E-state index in [1.165, 1.54) is 0 Å². The number of benzene rings is 1. The van der Waals surface area contributed by atoms with Gasteiger partial charge in [0, 0.05) is 32.1 Å². The number of amides is 1. The molecule has 1 aromatic carbocycles. The van der Waals surface area contributed by atoms with Crippen LogP contribution in [0.15, 0.2) is 29.2 Å². The molecule has 1 aromatic rings. The van der Waals surface area contributed by atoms with Crippen LogP contribution in [0.5, 0.6) is 0 Å². The van der Waals surface area contributed by atoms with Gasteiger partial charge >= 0.3 is 0 Å². The van der Waals surface area contributed by atoms with Crippen molar-refractivity contribution in [1.29, 1.82) is 0 Å². The minimum absolute atomic E-state index is 0.00781. The van der Waals surface area contributed by atoms with Gasteiger partial charge in [0.15, 0.2) is 0 Å². The fraction of sp³-hybridized carbons (Fsp3) is 0.650. The standard InChI is InChI=1S/C20H33N3O3S/c1-2-3-7-18(16-21)22-20(24)13-10-17-8-11-19(12-9-17)27(25,26)23-14-5-4-6-15-23/h8-9,11-12,18H,2-7,10,13-16,21H2,1H3,(H,22,24). The summed E-state index contributed by atoms with van der Waals surface area (Å²) in [7, 11) is -3.40. The number of rotatable bonds is 10. The summed E-state index contributed by atoms with van der Waals surface area (Å²) in [6, 6.07) is 6.96. The van der Waals surface area contributed by atoms with Gasteiger partial charge in [-0.15, -0.1) is 0 Å². The molecule has 1 saturated heterocycles. The third kappa shape index (κ3) is 6.59. The summed E-state index contributed by atoms with van der Waals surface area (Å²) in [5.74, 6) is -0.00781. The van der Waals surface area contributed by atoms with E-state index in [2.05, 4.69) is 12.2 Å². The zero-order chi connectivity index (χ0) is 19.7. The SMILES string of the molecule is CCCCC(CN)NC(=O)CCc1ccc(S(=O)(=O)N2CCCCC2)cc1. The molecule has 1 aliphatic rings. The van der Waals surface area contributed by atoms with Crippen LogP contribution in [-0.2, 0) is 21.2 Å². The molecule has 1 aliphatic heterocycles. The quantitative estimate of drug-likeness (QED) is 0.636. The van der Waals surface area contributed by atoms with E-state index in [4.69, 9.17) is 5.73 Å². The van der Waals surface area contributed by atoms with Gasteiger partial charge < -0.3 is 11.1 Å². The molecule has 1 fully saturated rings. The Balaban J connectivity index is 1.87. The molecular formula is C20H33N3O3S. The molecule has 1 heterocycles.